The van der Waals surface area contributed by atoms with E-state index in [2.05, 4.69) is 67.0 Å². The minimum absolute atomic E-state index is 0.149. The Hall–Kier alpha value is -2.88. The predicted molar refractivity (Wildman–Crippen MR) is 131 cm³/mol. The van der Waals surface area contributed by atoms with Crippen molar-refractivity contribution in [3.8, 4) is 22.3 Å². The Morgan fingerprint density at radius 1 is 0.969 bits per heavy atom. The van der Waals surface area contributed by atoms with Gasteiger partial charge in [-0.05, 0) is 49.3 Å². The summed E-state index contributed by atoms with van der Waals surface area (Å²) in [6, 6.07) is 11.9. The van der Waals surface area contributed by atoms with Crippen LogP contribution >= 0.6 is 0 Å². The Morgan fingerprint density at radius 2 is 1.69 bits per heavy atom. The first-order valence-electron chi connectivity index (χ1n) is 11.9. The lowest BCUT2D eigenvalue weighted by molar-refractivity contribution is 0.361. The fraction of sp³-hybridized carbons (Fsp3) is 0.429. The Labute approximate surface area is 190 Å². The van der Waals surface area contributed by atoms with Crippen molar-refractivity contribution in [1.29, 1.82) is 0 Å². The highest BCUT2D eigenvalue weighted by Crippen LogP contribution is 2.39. The highest BCUT2D eigenvalue weighted by Gasteiger charge is 2.22. The Bertz CT molecular complexity index is 1230. The molecule has 0 N–H and O–H groups in total. The molecule has 3 heterocycles. The van der Waals surface area contributed by atoms with Gasteiger partial charge in [-0.1, -0.05) is 69.5 Å². The zero-order chi connectivity index (χ0) is 22.5. The second kappa shape index (κ2) is 7.91. The molecule has 0 radical (unpaired) electrons. The maximum Gasteiger partial charge on any atom is 0.141 e. The summed E-state index contributed by atoms with van der Waals surface area (Å²) in [5.41, 5.74) is 9.30. The molecule has 1 aliphatic rings. The van der Waals surface area contributed by atoms with Crippen LogP contribution in [-0.2, 0) is 5.41 Å². The summed E-state index contributed by atoms with van der Waals surface area (Å²) in [4.78, 5) is 4.99. The lowest BCUT2D eigenvalue weighted by Gasteiger charge is -2.24. The van der Waals surface area contributed by atoms with Gasteiger partial charge in [-0.3, -0.25) is 4.98 Å². The van der Waals surface area contributed by atoms with Crippen molar-refractivity contribution in [1.82, 2.24) is 14.7 Å². The third kappa shape index (κ3) is 3.66. The Balaban J connectivity index is 1.67. The molecule has 4 nitrogen and oxygen atoms in total. The van der Waals surface area contributed by atoms with Crippen LogP contribution < -0.4 is 0 Å². The number of aromatic nitrogens is 3. The highest BCUT2D eigenvalue weighted by molar-refractivity contribution is 5.95. The molecule has 0 bridgehead atoms. The van der Waals surface area contributed by atoms with E-state index in [9.17, 15) is 0 Å². The second-order valence-electron chi connectivity index (χ2n) is 10.4. The molecule has 0 atom stereocenters. The summed E-state index contributed by atoms with van der Waals surface area (Å²) in [6.45, 7) is 10.7. The smallest absolute Gasteiger partial charge is 0.141 e. The van der Waals surface area contributed by atoms with Crippen molar-refractivity contribution in [2.75, 3.05) is 0 Å². The number of fused-ring (bicyclic) bond motifs is 1. The molecule has 4 heteroatoms. The molecule has 0 spiro atoms. The molecule has 1 aromatic carbocycles. The number of aryl methyl sites for hydroxylation is 2. The van der Waals surface area contributed by atoms with Gasteiger partial charge >= 0.3 is 0 Å². The highest BCUT2D eigenvalue weighted by atomic mass is 16.5. The van der Waals surface area contributed by atoms with Gasteiger partial charge in [0.05, 0.1) is 16.7 Å². The number of hydrogen-bond acceptors (Lipinski definition) is 3. The third-order valence-corrected chi connectivity index (χ3v) is 7.02. The molecule has 166 valence electrons. The molecule has 4 aromatic rings. The molecule has 0 saturated heterocycles. The normalized spacial score (nSPS) is 15.5. The molecular formula is C28H33N3O. The quantitative estimate of drug-likeness (QED) is 0.335. The van der Waals surface area contributed by atoms with Crippen molar-refractivity contribution < 1.29 is 4.52 Å². The Morgan fingerprint density at radius 3 is 2.31 bits per heavy atom. The minimum atomic E-state index is 0.149. The fourth-order valence-electron chi connectivity index (χ4n) is 5.18. The van der Waals surface area contributed by atoms with E-state index in [1.54, 1.807) is 0 Å². The predicted octanol–water partition coefficient (Wildman–Crippen LogP) is 7.78. The number of nitrogens with zero attached hydrogens (tertiary/aromatic N) is 3. The van der Waals surface area contributed by atoms with E-state index in [-0.39, 0.29) is 5.41 Å². The van der Waals surface area contributed by atoms with Crippen LogP contribution in [0.1, 0.15) is 75.9 Å². The SMILES string of the molecule is Cc1noc(C)c1-c1cnc2c(-c3ccc(C(C)(C)C)cc3)cn(C3CCCCC3)c2c1. The van der Waals surface area contributed by atoms with Gasteiger partial charge in [0.15, 0.2) is 0 Å². The van der Waals surface area contributed by atoms with Crippen LogP contribution in [0.3, 0.4) is 0 Å². The van der Waals surface area contributed by atoms with Gasteiger partial charge in [-0.2, -0.15) is 0 Å². The molecule has 0 unspecified atom stereocenters. The molecule has 1 fully saturated rings. The zero-order valence-electron chi connectivity index (χ0n) is 19.9. The molecule has 32 heavy (non-hydrogen) atoms. The maximum absolute atomic E-state index is 5.44. The summed E-state index contributed by atoms with van der Waals surface area (Å²) in [5, 5.41) is 4.16. The van der Waals surface area contributed by atoms with Crippen LogP contribution in [0.25, 0.3) is 33.3 Å². The van der Waals surface area contributed by atoms with Crippen molar-refractivity contribution in [3.05, 3.63) is 59.7 Å². The summed E-state index contributed by atoms with van der Waals surface area (Å²) >= 11 is 0. The van der Waals surface area contributed by atoms with Crippen LogP contribution in [0.15, 0.2) is 47.2 Å². The summed E-state index contributed by atoms with van der Waals surface area (Å²) in [7, 11) is 0. The zero-order valence-corrected chi connectivity index (χ0v) is 19.9. The monoisotopic (exact) mass is 427 g/mol. The number of pyridine rings is 1. The van der Waals surface area contributed by atoms with Crippen molar-refractivity contribution >= 4 is 11.0 Å². The summed E-state index contributed by atoms with van der Waals surface area (Å²) in [5.74, 6) is 0.845. The number of benzene rings is 1. The first-order chi connectivity index (χ1) is 15.3. The van der Waals surface area contributed by atoms with E-state index < -0.39 is 0 Å². The molecule has 1 aliphatic carbocycles. The molecule has 5 rings (SSSR count). The van der Waals surface area contributed by atoms with Crippen LogP contribution in [0.5, 0.6) is 0 Å². The van der Waals surface area contributed by atoms with E-state index in [1.807, 2.05) is 20.0 Å². The van der Waals surface area contributed by atoms with Gasteiger partial charge in [0.25, 0.3) is 0 Å². The first-order valence-corrected chi connectivity index (χ1v) is 11.9. The van der Waals surface area contributed by atoms with Gasteiger partial charge in [0.2, 0.25) is 0 Å². The van der Waals surface area contributed by atoms with Crippen LogP contribution in [0.4, 0.5) is 0 Å². The van der Waals surface area contributed by atoms with Gasteiger partial charge in [0.1, 0.15) is 5.76 Å². The first kappa shape index (κ1) is 21.0. The lowest BCUT2D eigenvalue weighted by atomic mass is 9.86. The van der Waals surface area contributed by atoms with E-state index in [0.717, 1.165) is 28.1 Å². The number of rotatable bonds is 3. The minimum Gasteiger partial charge on any atom is -0.361 e. The largest absolute Gasteiger partial charge is 0.361 e. The second-order valence-corrected chi connectivity index (χ2v) is 10.4. The van der Waals surface area contributed by atoms with E-state index in [0.29, 0.717) is 6.04 Å². The van der Waals surface area contributed by atoms with Gasteiger partial charge in [0, 0.05) is 35.1 Å². The molecule has 3 aromatic heterocycles. The van der Waals surface area contributed by atoms with E-state index >= 15 is 0 Å². The molecular weight excluding hydrogens is 394 g/mol. The maximum atomic E-state index is 5.44. The van der Waals surface area contributed by atoms with E-state index in [1.165, 1.54) is 54.3 Å². The average molecular weight is 428 g/mol. The number of hydrogen-bond donors (Lipinski definition) is 0. The van der Waals surface area contributed by atoms with Gasteiger partial charge in [-0.25, -0.2) is 0 Å². The Kier molecular flexibility index (Phi) is 5.19. The van der Waals surface area contributed by atoms with Crippen molar-refractivity contribution in [2.45, 2.75) is 78.2 Å². The summed E-state index contributed by atoms with van der Waals surface area (Å²) in [6.07, 6.45) is 10.8. The molecule has 0 amide bonds. The van der Waals surface area contributed by atoms with Crippen molar-refractivity contribution in [3.63, 3.8) is 0 Å². The third-order valence-electron chi connectivity index (χ3n) is 7.02. The fourth-order valence-corrected chi connectivity index (χ4v) is 5.18. The van der Waals surface area contributed by atoms with Crippen molar-refractivity contribution in [2.24, 2.45) is 0 Å². The van der Waals surface area contributed by atoms with Gasteiger partial charge < -0.3 is 9.09 Å². The average Bonchev–Trinajstić information content (AvgIpc) is 3.33. The van der Waals surface area contributed by atoms with Crippen LogP contribution in [0, 0.1) is 13.8 Å². The summed E-state index contributed by atoms with van der Waals surface area (Å²) < 4.78 is 7.93. The lowest BCUT2D eigenvalue weighted by Crippen LogP contribution is -2.11. The standard InChI is InChI=1S/C28H33N3O/c1-18-26(19(2)32-30-18)21-15-25-27(29-16-21)24(17-31(25)23-9-7-6-8-10-23)20-11-13-22(14-12-20)28(3,4)5/h11-17,23H,6-10H2,1-5H3. The van der Waals surface area contributed by atoms with Crippen LogP contribution in [-0.4, -0.2) is 14.7 Å². The van der Waals surface area contributed by atoms with Crippen LogP contribution in [0.2, 0.25) is 0 Å². The molecule has 0 aliphatic heterocycles. The van der Waals surface area contributed by atoms with Gasteiger partial charge in [-0.15, -0.1) is 0 Å². The van der Waals surface area contributed by atoms with E-state index in [4.69, 9.17) is 9.51 Å². The topological polar surface area (TPSA) is 43.9 Å². The molecule has 1 saturated carbocycles.